The van der Waals surface area contributed by atoms with E-state index in [1.165, 1.54) is 12.1 Å². The number of aromatic amines is 1. The molecular weight excluding hydrogens is 311 g/mol. The molecule has 1 aromatic carbocycles. The van der Waals surface area contributed by atoms with E-state index in [1.54, 1.807) is 0 Å². The summed E-state index contributed by atoms with van der Waals surface area (Å²) < 4.78 is 41.8. The number of benzene rings is 1. The van der Waals surface area contributed by atoms with E-state index >= 15 is 0 Å². The summed E-state index contributed by atoms with van der Waals surface area (Å²) >= 11 is 0. The minimum absolute atomic E-state index is 0.0379. The summed E-state index contributed by atoms with van der Waals surface area (Å²) in [5, 5.41) is 0.181. The van der Waals surface area contributed by atoms with Crippen LogP contribution in [0.15, 0.2) is 23.0 Å². The summed E-state index contributed by atoms with van der Waals surface area (Å²) in [6, 6.07) is 3.82. The Labute approximate surface area is 130 Å². The Kier molecular flexibility index (Phi) is 4.24. The number of aldehydes is 1. The van der Waals surface area contributed by atoms with E-state index in [2.05, 4.69) is 4.98 Å². The molecule has 0 aliphatic heterocycles. The lowest BCUT2D eigenvalue weighted by atomic mass is 9.85. The second-order valence-corrected chi connectivity index (χ2v) is 6.25. The van der Waals surface area contributed by atoms with Gasteiger partial charge in [-0.3, -0.25) is 9.59 Å². The summed E-state index contributed by atoms with van der Waals surface area (Å²) in [6.07, 6.45) is -3.95. The van der Waals surface area contributed by atoms with Gasteiger partial charge in [0, 0.05) is 11.5 Å². The molecule has 0 aliphatic rings. The van der Waals surface area contributed by atoms with E-state index in [1.807, 2.05) is 20.8 Å². The molecule has 0 atom stereocenters. The van der Waals surface area contributed by atoms with E-state index in [0.717, 1.165) is 6.07 Å². The van der Waals surface area contributed by atoms with Crippen LogP contribution in [0.5, 0.6) is 5.75 Å². The third-order valence-electron chi connectivity index (χ3n) is 3.27. The van der Waals surface area contributed by atoms with Crippen molar-refractivity contribution in [3.05, 3.63) is 39.7 Å². The number of ether oxygens (including phenoxy) is 1. The van der Waals surface area contributed by atoms with Crippen LogP contribution in [-0.4, -0.2) is 24.1 Å². The number of pyridine rings is 1. The largest absolute Gasteiger partial charge is 0.484 e. The predicted molar refractivity (Wildman–Crippen MR) is 80.2 cm³/mol. The molecule has 23 heavy (non-hydrogen) atoms. The van der Waals surface area contributed by atoms with Gasteiger partial charge in [0.25, 0.3) is 0 Å². The minimum atomic E-state index is -4.47. The number of halogens is 3. The molecule has 2 aromatic rings. The summed E-state index contributed by atoms with van der Waals surface area (Å²) in [7, 11) is 0. The molecule has 0 fully saturated rings. The number of nitrogens with one attached hydrogen (secondary N) is 1. The molecule has 0 saturated carbocycles. The lowest BCUT2D eigenvalue weighted by Gasteiger charge is -2.22. The van der Waals surface area contributed by atoms with Gasteiger partial charge in [0.05, 0.1) is 11.2 Å². The molecule has 0 unspecified atom stereocenters. The maximum atomic E-state index is 12.3. The smallest absolute Gasteiger partial charge is 0.422 e. The SMILES string of the molecule is CC(C)(C)c1cc(OCC(F)(F)F)cc2c(=O)cc(C=O)[nH]c12. The van der Waals surface area contributed by atoms with Gasteiger partial charge in [-0.2, -0.15) is 13.2 Å². The van der Waals surface area contributed by atoms with Crippen molar-refractivity contribution in [2.45, 2.75) is 32.4 Å². The van der Waals surface area contributed by atoms with Crippen molar-refractivity contribution >= 4 is 17.2 Å². The maximum absolute atomic E-state index is 12.3. The zero-order valence-corrected chi connectivity index (χ0v) is 12.9. The molecule has 7 heteroatoms. The first-order chi connectivity index (χ1) is 10.5. The number of hydrogen-bond acceptors (Lipinski definition) is 3. The normalized spacial score (nSPS) is 12.4. The highest BCUT2D eigenvalue weighted by Gasteiger charge is 2.29. The number of alkyl halides is 3. The van der Waals surface area contributed by atoms with E-state index in [4.69, 9.17) is 4.74 Å². The van der Waals surface area contributed by atoms with Gasteiger partial charge < -0.3 is 9.72 Å². The molecule has 0 spiro atoms. The quantitative estimate of drug-likeness (QED) is 0.877. The number of rotatable bonds is 3. The van der Waals surface area contributed by atoms with Gasteiger partial charge in [-0.05, 0) is 23.1 Å². The highest BCUT2D eigenvalue weighted by atomic mass is 19.4. The van der Waals surface area contributed by atoms with Crippen LogP contribution < -0.4 is 10.2 Å². The van der Waals surface area contributed by atoms with Crippen LogP contribution in [-0.2, 0) is 5.41 Å². The summed E-state index contributed by atoms with van der Waals surface area (Å²) in [4.78, 5) is 25.9. The standard InChI is InChI=1S/C16H16F3NO3/c1-15(2,3)12-6-10(23-8-16(17,18)19)5-11-13(22)4-9(7-21)20-14(11)12/h4-7H,8H2,1-3H3,(H,20,22). The second-order valence-electron chi connectivity index (χ2n) is 6.25. The van der Waals surface area contributed by atoms with Gasteiger partial charge >= 0.3 is 6.18 Å². The van der Waals surface area contributed by atoms with E-state index in [9.17, 15) is 22.8 Å². The molecule has 1 heterocycles. The van der Waals surface area contributed by atoms with Crippen molar-refractivity contribution < 1.29 is 22.7 Å². The molecule has 124 valence electrons. The highest BCUT2D eigenvalue weighted by Crippen LogP contribution is 2.32. The summed E-state index contributed by atoms with van der Waals surface area (Å²) in [6.45, 7) is 4.11. The van der Waals surface area contributed by atoms with Gasteiger partial charge in [0.2, 0.25) is 0 Å². The van der Waals surface area contributed by atoms with Crippen molar-refractivity contribution in [2.24, 2.45) is 0 Å². The average molecular weight is 327 g/mol. The zero-order valence-electron chi connectivity index (χ0n) is 12.9. The van der Waals surface area contributed by atoms with Gasteiger partial charge in [-0.15, -0.1) is 0 Å². The second kappa shape index (κ2) is 5.72. The first-order valence-electron chi connectivity index (χ1n) is 6.87. The van der Waals surface area contributed by atoms with Crippen LogP contribution in [0.4, 0.5) is 13.2 Å². The van der Waals surface area contributed by atoms with E-state index in [-0.39, 0.29) is 16.8 Å². The Hall–Kier alpha value is -2.31. The fourth-order valence-corrected chi connectivity index (χ4v) is 2.25. The number of H-pyrrole nitrogens is 1. The topological polar surface area (TPSA) is 59.2 Å². The number of carbonyl (C=O) groups is 1. The number of hydrogen-bond donors (Lipinski definition) is 1. The first kappa shape index (κ1) is 17.1. The third-order valence-corrected chi connectivity index (χ3v) is 3.27. The van der Waals surface area contributed by atoms with Crippen molar-refractivity contribution in [1.29, 1.82) is 0 Å². The number of aromatic nitrogens is 1. The maximum Gasteiger partial charge on any atom is 0.422 e. The molecule has 0 aliphatic carbocycles. The molecule has 0 radical (unpaired) electrons. The Bertz CT molecular complexity index is 801. The van der Waals surface area contributed by atoms with Crippen LogP contribution in [0.25, 0.3) is 10.9 Å². The minimum Gasteiger partial charge on any atom is -0.484 e. The predicted octanol–water partition coefficient (Wildman–Crippen LogP) is 3.58. The van der Waals surface area contributed by atoms with Crippen LogP contribution in [0.3, 0.4) is 0 Å². The van der Waals surface area contributed by atoms with Crippen LogP contribution in [0.2, 0.25) is 0 Å². The van der Waals surface area contributed by atoms with Gasteiger partial charge in [-0.25, -0.2) is 0 Å². The Morgan fingerprint density at radius 3 is 2.35 bits per heavy atom. The fraction of sp³-hybridized carbons (Fsp3) is 0.375. The molecule has 0 bridgehead atoms. The number of carbonyl (C=O) groups excluding carboxylic acids is 1. The van der Waals surface area contributed by atoms with Crippen molar-refractivity contribution in [3.63, 3.8) is 0 Å². The highest BCUT2D eigenvalue weighted by molar-refractivity contribution is 5.87. The van der Waals surface area contributed by atoms with E-state index in [0.29, 0.717) is 17.4 Å². The van der Waals surface area contributed by atoms with Gasteiger partial charge in [-0.1, -0.05) is 20.8 Å². The lowest BCUT2D eigenvalue weighted by Crippen LogP contribution is -2.20. The lowest BCUT2D eigenvalue weighted by molar-refractivity contribution is -0.153. The van der Waals surface area contributed by atoms with Crippen LogP contribution in [0.1, 0.15) is 36.8 Å². The Balaban J connectivity index is 2.68. The van der Waals surface area contributed by atoms with Crippen molar-refractivity contribution in [3.8, 4) is 5.75 Å². The van der Waals surface area contributed by atoms with Crippen LogP contribution >= 0.6 is 0 Å². The molecule has 1 N–H and O–H groups in total. The molecule has 1 aromatic heterocycles. The fourth-order valence-electron chi connectivity index (χ4n) is 2.25. The average Bonchev–Trinajstić information content (AvgIpc) is 2.42. The van der Waals surface area contributed by atoms with Gasteiger partial charge in [0.15, 0.2) is 18.3 Å². The van der Waals surface area contributed by atoms with Crippen molar-refractivity contribution in [1.82, 2.24) is 4.98 Å². The molecule has 0 saturated heterocycles. The summed E-state index contributed by atoms with van der Waals surface area (Å²) in [5.74, 6) is -0.0379. The monoisotopic (exact) mass is 327 g/mol. The Morgan fingerprint density at radius 1 is 1.17 bits per heavy atom. The van der Waals surface area contributed by atoms with Gasteiger partial charge in [0.1, 0.15) is 5.75 Å². The summed E-state index contributed by atoms with van der Waals surface area (Å²) in [5.41, 5.74) is 0.195. The molecular formula is C16H16F3NO3. The molecule has 2 rings (SSSR count). The first-order valence-corrected chi connectivity index (χ1v) is 6.87. The van der Waals surface area contributed by atoms with E-state index < -0.39 is 23.6 Å². The van der Waals surface area contributed by atoms with Crippen LogP contribution in [0, 0.1) is 0 Å². The van der Waals surface area contributed by atoms with Crippen molar-refractivity contribution in [2.75, 3.05) is 6.61 Å². The molecule has 4 nitrogen and oxygen atoms in total. The third kappa shape index (κ3) is 3.91. The molecule has 0 amide bonds. The Morgan fingerprint density at radius 2 is 1.83 bits per heavy atom. The number of fused-ring (bicyclic) bond motifs is 1. The zero-order chi connectivity index (χ0) is 17.4.